The third-order valence-electron chi connectivity index (χ3n) is 7.25. The molecule has 2 bridgehead atoms. The highest BCUT2D eigenvalue weighted by Crippen LogP contribution is 2.69. The van der Waals surface area contributed by atoms with E-state index in [4.69, 9.17) is 14.9 Å². The molecule has 1 aromatic rings. The van der Waals surface area contributed by atoms with Crippen LogP contribution in [-0.4, -0.2) is 11.7 Å². The summed E-state index contributed by atoms with van der Waals surface area (Å²) < 4.78 is 12.4. The van der Waals surface area contributed by atoms with Gasteiger partial charge in [-0.15, -0.1) is 0 Å². The van der Waals surface area contributed by atoms with Gasteiger partial charge in [0.15, 0.2) is 5.41 Å². The van der Waals surface area contributed by atoms with Crippen LogP contribution in [-0.2, 0) is 14.9 Å². The van der Waals surface area contributed by atoms with Gasteiger partial charge in [-0.2, -0.15) is 15.8 Å². The first kappa shape index (κ1) is 20.4. The first-order valence-corrected chi connectivity index (χ1v) is 10.4. The van der Waals surface area contributed by atoms with Crippen LogP contribution in [0.25, 0.3) is 0 Å². The summed E-state index contributed by atoms with van der Waals surface area (Å²) in [6.45, 7) is 8.42. The van der Waals surface area contributed by atoms with Gasteiger partial charge in [0, 0.05) is 6.42 Å². The van der Waals surface area contributed by atoms with Crippen LogP contribution in [0.3, 0.4) is 0 Å². The van der Waals surface area contributed by atoms with Gasteiger partial charge in [-0.1, -0.05) is 52.0 Å². The molecule has 1 aromatic carbocycles. The van der Waals surface area contributed by atoms with Crippen LogP contribution in [0.4, 0.5) is 0 Å². The summed E-state index contributed by atoms with van der Waals surface area (Å²) in [7, 11) is 0. The molecule has 154 valence electrons. The Morgan fingerprint density at radius 1 is 1.07 bits per heavy atom. The second kappa shape index (κ2) is 6.31. The minimum atomic E-state index is -1.87. The Bertz CT molecular complexity index is 1010. The van der Waals surface area contributed by atoms with Crippen molar-refractivity contribution >= 4 is 5.90 Å². The lowest BCUT2D eigenvalue weighted by molar-refractivity contribution is -0.298. The molecule has 0 amide bonds. The summed E-state index contributed by atoms with van der Waals surface area (Å²) in [5.41, 5.74) is -1.80. The molecule has 0 spiro atoms. The number of hydrogen-bond acceptors (Lipinski definition) is 6. The zero-order valence-corrected chi connectivity index (χ0v) is 17.8. The highest BCUT2D eigenvalue weighted by atomic mass is 16.7. The summed E-state index contributed by atoms with van der Waals surface area (Å²) in [6, 6.07) is 14.2. The molecule has 5 atom stereocenters. The molecular weight excluding hydrogens is 376 g/mol. The van der Waals surface area contributed by atoms with E-state index >= 15 is 0 Å². The van der Waals surface area contributed by atoms with Crippen molar-refractivity contribution in [2.75, 3.05) is 0 Å². The monoisotopic (exact) mass is 402 g/mol. The lowest BCUT2D eigenvalue weighted by Crippen LogP contribution is -2.60. The molecule has 1 N–H and O–H groups in total. The van der Waals surface area contributed by atoms with Gasteiger partial charge in [-0.25, -0.2) is 0 Å². The van der Waals surface area contributed by atoms with Gasteiger partial charge in [0.25, 0.3) is 0 Å². The predicted octanol–water partition coefficient (Wildman–Crippen LogP) is 4.74. The van der Waals surface area contributed by atoms with Crippen molar-refractivity contribution in [3.05, 3.63) is 35.4 Å². The maximum Gasteiger partial charge on any atom is 0.217 e. The van der Waals surface area contributed by atoms with E-state index in [0.717, 1.165) is 12.0 Å². The molecule has 1 aliphatic carbocycles. The normalized spacial score (nSPS) is 36.6. The Morgan fingerprint density at radius 3 is 2.23 bits per heavy atom. The van der Waals surface area contributed by atoms with Gasteiger partial charge < -0.3 is 9.47 Å². The maximum absolute atomic E-state index is 10.3. The molecule has 6 heteroatoms. The molecule has 2 saturated heterocycles. The lowest BCUT2D eigenvalue weighted by Gasteiger charge is -2.52. The van der Waals surface area contributed by atoms with E-state index in [9.17, 15) is 15.8 Å². The zero-order valence-electron chi connectivity index (χ0n) is 17.8. The fourth-order valence-electron chi connectivity index (χ4n) is 5.49. The number of rotatable bonds is 1. The minimum absolute atomic E-state index is 0.0467. The summed E-state index contributed by atoms with van der Waals surface area (Å²) in [4.78, 5) is 0. The summed E-state index contributed by atoms with van der Waals surface area (Å²) in [5, 5.41) is 39.5. The molecule has 0 aromatic heterocycles. The van der Waals surface area contributed by atoms with Gasteiger partial charge in [0.05, 0.1) is 24.1 Å². The molecule has 2 heterocycles. The van der Waals surface area contributed by atoms with Gasteiger partial charge in [0.2, 0.25) is 17.1 Å². The van der Waals surface area contributed by atoms with Gasteiger partial charge in [-0.3, -0.25) is 5.41 Å². The molecule has 1 saturated carbocycles. The highest BCUT2D eigenvalue weighted by Gasteiger charge is 2.80. The Balaban J connectivity index is 1.92. The average molecular weight is 402 g/mol. The number of nitrogens with zero attached hydrogens (tertiary/aromatic N) is 3. The number of hydrogen-bond donors (Lipinski definition) is 1. The van der Waals surface area contributed by atoms with E-state index in [-0.39, 0.29) is 11.3 Å². The van der Waals surface area contributed by atoms with Crippen molar-refractivity contribution in [1.29, 1.82) is 21.2 Å². The smallest absolute Gasteiger partial charge is 0.217 e. The van der Waals surface area contributed by atoms with Crippen LogP contribution in [0.15, 0.2) is 24.3 Å². The topological polar surface area (TPSA) is 114 Å². The van der Waals surface area contributed by atoms with Gasteiger partial charge in [0.1, 0.15) is 6.10 Å². The number of nitriles is 3. The van der Waals surface area contributed by atoms with Crippen molar-refractivity contribution in [3.8, 4) is 18.2 Å². The van der Waals surface area contributed by atoms with E-state index in [2.05, 4.69) is 45.9 Å². The molecule has 4 rings (SSSR count). The molecule has 30 heavy (non-hydrogen) atoms. The maximum atomic E-state index is 10.3. The summed E-state index contributed by atoms with van der Waals surface area (Å²) in [6.07, 6.45) is 0.978. The molecule has 3 fully saturated rings. The van der Waals surface area contributed by atoms with Crippen LogP contribution in [0, 0.1) is 62.1 Å². The second-order valence-electron chi connectivity index (χ2n) is 10.00. The third-order valence-corrected chi connectivity index (χ3v) is 7.25. The van der Waals surface area contributed by atoms with Crippen LogP contribution >= 0.6 is 0 Å². The second-order valence-corrected chi connectivity index (χ2v) is 10.00. The Kier molecular flexibility index (Phi) is 4.29. The summed E-state index contributed by atoms with van der Waals surface area (Å²) >= 11 is 0. The third kappa shape index (κ3) is 2.33. The molecule has 2 aliphatic heterocycles. The Labute approximate surface area is 177 Å². The molecule has 3 aliphatic rings. The zero-order chi connectivity index (χ0) is 21.9. The Hall–Kier alpha value is -2.88. The number of ether oxygens (including phenoxy) is 2. The van der Waals surface area contributed by atoms with Crippen LogP contribution < -0.4 is 0 Å². The van der Waals surface area contributed by atoms with Gasteiger partial charge in [-0.05, 0) is 35.3 Å². The van der Waals surface area contributed by atoms with E-state index in [1.54, 1.807) is 0 Å². The lowest BCUT2D eigenvalue weighted by atomic mass is 9.50. The molecular formula is C24H26N4O2. The highest BCUT2D eigenvalue weighted by molar-refractivity contribution is 5.89. The minimum Gasteiger partial charge on any atom is -0.447 e. The predicted molar refractivity (Wildman–Crippen MR) is 109 cm³/mol. The van der Waals surface area contributed by atoms with Crippen molar-refractivity contribution < 1.29 is 9.47 Å². The SMILES string of the molecule is CC1CCC23OC(=N)C(C#N)(C2C1)C(C#N)(C#N)C(c1ccc(C(C)(C)C)cc1)O3. The van der Waals surface area contributed by atoms with Crippen LogP contribution in [0.5, 0.6) is 0 Å². The van der Waals surface area contributed by atoms with Crippen molar-refractivity contribution in [3.63, 3.8) is 0 Å². The van der Waals surface area contributed by atoms with Crippen molar-refractivity contribution in [2.45, 2.75) is 64.3 Å². The van der Waals surface area contributed by atoms with Gasteiger partial charge >= 0.3 is 0 Å². The van der Waals surface area contributed by atoms with Crippen molar-refractivity contribution in [2.24, 2.45) is 22.7 Å². The van der Waals surface area contributed by atoms with Crippen LogP contribution in [0.2, 0.25) is 0 Å². The van der Waals surface area contributed by atoms with Crippen LogP contribution in [0.1, 0.15) is 64.2 Å². The van der Waals surface area contributed by atoms with E-state index in [1.807, 2.05) is 24.3 Å². The summed E-state index contributed by atoms with van der Waals surface area (Å²) in [5.74, 6) is -1.66. The first-order valence-electron chi connectivity index (χ1n) is 10.4. The van der Waals surface area contributed by atoms with Crippen molar-refractivity contribution in [1.82, 2.24) is 0 Å². The Morgan fingerprint density at radius 2 is 1.70 bits per heavy atom. The quantitative estimate of drug-likeness (QED) is 0.729. The number of nitrogens with one attached hydrogen (secondary N) is 1. The number of benzene rings is 1. The fraction of sp³-hybridized carbons (Fsp3) is 0.583. The van der Waals surface area contributed by atoms with E-state index < -0.39 is 28.6 Å². The molecule has 5 unspecified atom stereocenters. The van der Waals surface area contributed by atoms with E-state index in [1.165, 1.54) is 0 Å². The first-order chi connectivity index (χ1) is 14.1. The fourth-order valence-corrected chi connectivity index (χ4v) is 5.49. The largest absolute Gasteiger partial charge is 0.447 e. The molecule has 0 radical (unpaired) electrons. The average Bonchev–Trinajstić information content (AvgIpc) is 2.91. The molecule has 6 nitrogen and oxygen atoms in total. The van der Waals surface area contributed by atoms with E-state index in [0.29, 0.717) is 24.3 Å². The standard InChI is InChI=1S/C24H26N4O2/c1-15-9-10-24-18(11-15)23(14-27,20(28)30-24)22(12-25,13-26)19(29-24)16-5-7-17(8-6-16)21(2,3)4/h5-8,15,18-19,28H,9-11H2,1-4H3.